The fourth-order valence-corrected chi connectivity index (χ4v) is 3.75. The molecule has 2 atom stereocenters. The van der Waals surface area contributed by atoms with Gasteiger partial charge in [0.2, 0.25) is 0 Å². The van der Waals surface area contributed by atoms with Crippen molar-refractivity contribution in [1.82, 2.24) is 5.32 Å². The van der Waals surface area contributed by atoms with E-state index in [-0.39, 0.29) is 22.7 Å². The van der Waals surface area contributed by atoms with Gasteiger partial charge in [-0.05, 0) is 12.0 Å². The second-order valence-corrected chi connectivity index (χ2v) is 7.97. The van der Waals surface area contributed by atoms with E-state index in [1.807, 2.05) is 18.2 Å². The Bertz CT molecular complexity index is 578. The summed E-state index contributed by atoms with van der Waals surface area (Å²) in [5.41, 5.74) is 1.08. The van der Waals surface area contributed by atoms with Crippen molar-refractivity contribution in [3.8, 4) is 5.75 Å². The van der Waals surface area contributed by atoms with E-state index < -0.39 is 7.12 Å². The highest BCUT2D eigenvalue weighted by Crippen LogP contribution is 2.43. The van der Waals surface area contributed by atoms with Crippen LogP contribution < -0.4 is 9.97 Å². The zero-order valence-electron chi connectivity index (χ0n) is 13.5. The highest BCUT2D eigenvalue weighted by molar-refractivity contribution is 7.99. The topological polar surface area (TPSA) is 47.6 Å². The lowest BCUT2D eigenvalue weighted by Crippen LogP contribution is -2.45. The Morgan fingerprint density at radius 1 is 1.32 bits per heavy atom. The molecule has 0 radical (unpaired) electrons. The summed E-state index contributed by atoms with van der Waals surface area (Å²) in [6.07, 6.45) is 0. The van der Waals surface area contributed by atoms with Crippen molar-refractivity contribution >= 4 is 24.8 Å². The highest BCUT2D eigenvalue weighted by Gasteiger charge is 2.48. The van der Waals surface area contributed by atoms with E-state index in [2.05, 4.69) is 39.1 Å². The Morgan fingerprint density at radius 2 is 2.05 bits per heavy atom. The summed E-state index contributed by atoms with van der Waals surface area (Å²) in [6, 6.07) is 7.69. The zero-order valence-corrected chi connectivity index (χ0v) is 14.3. The summed E-state index contributed by atoms with van der Waals surface area (Å²) < 4.78 is 11.9. The molecule has 0 aliphatic carbocycles. The molecule has 3 rings (SSSR count). The van der Waals surface area contributed by atoms with Crippen LogP contribution in [0.3, 0.4) is 0 Å². The van der Waals surface area contributed by atoms with Crippen LogP contribution in [0.4, 0.5) is 0 Å². The third kappa shape index (κ3) is 2.74. The van der Waals surface area contributed by atoms with Gasteiger partial charge in [0.1, 0.15) is 11.8 Å². The van der Waals surface area contributed by atoms with Crippen LogP contribution in [0, 0.1) is 5.92 Å². The molecule has 2 heterocycles. The first kappa shape index (κ1) is 15.7. The van der Waals surface area contributed by atoms with Gasteiger partial charge in [-0.3, -0.25) is 10.1 Å². The lowest BCUT2D eigenvalue weighted by Gasteiger charge is -2.33. The summed E-state index contributed by atoms with van der Waals surface area (Å²) in [4.78, 5) is 12.4. The molecule has 22 heavy (non-hydrogen) atoms. The summed E-state index contributed by atoms with van der Waals surface area (Å²) in [5.74, 6) is 1.62. The molecule has 1 aromatic rings. The number of carbonyl (C=O) groups excluding carboxylic acids is 1. The van der Waals surface area contributed by atoms with E-state index in [0.29, 0.717) is 5.92 Å². The molecule has 0 amide bonds. The maximum atomic E-state index is 12.4. The number of benzene rings is 1. The number of fused-ring (bicyclic) bond motifs is 4. The summed E-state index contributed by atoms with van der Waals surface area (Å²) in [6.45, 7) is 8.40. The number of rotatable bonds is 2. The van der Waals surface area contributed by atoms with Gasteiger partial charge in [-0.15, -0.1) is 11.8 Å². The van der Waals surface area contributed by atoms with E-state index in [9.17, 15) is 4.79 Å². The van der Waals surface area contributed by atoms with E-state index >= 15 is 0 Å². The Balaban J connectivity index is 2.01. The van der Waals surface area contributed by atoms with Crippen molar-refractivity contribution in [2.45, 2.75) is 44.4 Å². The van der Waals surface area contributed by atoms with E-state index in [0.717, 1.165) is 17.1 Å². The average Bonchev–Trinajstić information content (AvgIpc) is 2.97. The largest absolute Gasteiger partial charge is 0.603 e. The first-order chi connectivity index (χ1) is 10.4. The zero-order chi connectivity index (χ0) is 15.9. The molecule has 2 aliphatic rings. The SMILES string of the molecule is CC(C)C(C)(C)B1OC(=O)C2CSC(N2)c2ccccc2O1. The van der Waals surface area contributed by atoms with E-state index in [1.165, 1.54) is 0 Å². The molecule has 0 spiro atoms. The smallest absolute Gasteiger partial charge is 0.525 e. The third-order valence-electron chi connectivity index (χ3n) is 4.82. The normalized spacial score (nSPS) is 25.0. The van der Waals surface area contributed by atoms with Gasteiger partial charge in [0.05, 0.1) is 5.37 Å². The van der Waals surface area contributed by atoms with Crippen LogP contribution in [-0.2, 0) is 9.45 Å². The maximum absolute atomic E-state index is 12.4. The Labute approximate surface area is 136 Å². The molecule has 1 saturated heterocycles. The number of hydrogen-bond donors (Lipinski definition) is 1. The quantitative estimate of drug-likeness (QED) is 0.848. The minimum absolute atomic E-state index is 0.0784. The van der Waals surface area contributed by atoms with Crippen LogP contribution >= 0.6 is 11.8 Å². The lowest BCUT2D eigenvalue weighted by molar-refractivity contribution is -0.137. The maximum Gasteiger partial charge on any atom is 0.603 e. The number of thioether (sulfide) groups is 1. The van der Waals surface area contributed by atoms with Crippen molar-refractivity contribution in [1.29, 1.82) is 0 Å². The molecule has 2 bridgehead atoms. The van der Waals surface area contributed by atoms with Gasteiger partial charge in [0.25, 0.3) is 0 Å². The van der Waals surface area contributed by atoms with Crippen molar-refractivity contribution < 1.29 is 14.1 Å². The minimum atomic E-state index is -0.590. The van der Waals surface area contributed by atoms with Gasteiger partial charge in [0.15, 0.2) is 0 Å². The highest BCUT2D eigenvalue weighted by atomic mass is 32.2. The first-order valence-corrected chi connectivity index (χ1v) is 8.78. The summed E-state index contributed by atoms with van der Waals surface area (Å²) >= 11 is 1.72. The lowest BCUT2D eigenvalue weighted by atomic mass is 9.54. The van der Waals surface area contributed by atoms with Gasteiger partial charge in [-0.2, -0.15) is 0 Å². The Kier molecular flexibility index (Phi) is 4.16. The molecule has 2 unspecified atom stereocenters. The molecule has 1 N–H and O–H groups in total. The van der Waals surface area contributed by atoms with Crippen molar-refractivity contribution in [3.63, 3.8) is 0 Å². The van der Waals surface area contributed by atoms with Crippen LogP contribution in [0.1, 0.15) is 38.6 Å². The predicted molar refractivity (Wildman–Crippen MR) is 89.9 cm³/mol. The predicted octanol–water partition coefficient (Wildman–Crippen LogP) is 3.25. The van der Waals surface area contributed by atoms with Crippen molar-refractivity contribution in [2.24, 2.45) is 5.92 Å². The van der Waals surface area contributed by atoms with Gasteiger partial charge in [0, 0.05) is 16.6 Å². The molecule has 2 aliphatic heterocycles. The standard InChI is InChI=1S/C16H22BNO3S/c1-10(2)16(3,4)17-20-13-8-6-5-7-11(13)14-18-12(9-22-14)15(19)21-17/h5-8,10,12,14,18H,9H2,1-4H3. The molecule has 0 saturated carbocycles. The van der Waals surface area contributed by atoms with Crippen LogP contribution in [0.2, 0.25) is 5.31 Å². The number of para-hydroxylation sites is 1. The van der Waals surface area contributed by atoms with Crippen LogP contribution in [0.25, 0.3) is 0 Å². The molecular weight excluding hydrogens is 297 g/mol. The molecule has 118 valence electrons. The Morgan fingerprint density at radius 3 is 2.77 bits per heavy atom. The molecule has 1 fully saturated rings. The first-order valence-electron chi connectivity index (χ1n) is 7.73. The molecule has 4 nitrogen and oxygen atoms in total. The number of nitrogens with one attached hydrogen (secondary N) is 1. The van der Waals surface area contributed by atoms with Crippen LogP contribution in [0.5, 0.6) is 5.75 Å². The van der Waals surface area contributed by atoms with Gasteiger partial charge < -0.3 is 9.31 Å². The van der Waals surface area contributed by atoms with Crippen molar-refractivity contribution in [2.75, 3.05) is 5.75 Å². The van der Waals surface area contributed by atoms with Crippen LogP contribution in [0.15, 0.2) is 24.3 Å². The second kappa shape index (κ2) is 5.82. The third-order valence-corrected chi connectivity index (χ3v) is 6.07. The Hall–Kier alpha value is -1.14. The number of carbonyl (C=O) groups is 1. The van der Waals surface area contributed by atoms with Crippen molar-refractivity contribution in [3.05, 3.63) is 29.8 Å². The number of hydrogen-bond acceptors (Lipinski definition) is 5. The summed E-state index contributed by atoms with van der Waals surface area (Å²) in [5, 5.41) is 3.15. The minimum Gasteiger partial charge on any atom is -0.525 e. The molecule has 0 aromatic heterocycles. The fourth-order valence-electron chi connectivity index (χ4n) is 2.49. The van der Waals surface area contributed by atoms with Gasteiger partial charge in [-0.1, -0.05) is 45.9 Å². The average molecular weight is 319 g/mol. The van der Waals surface area contributed by atoms with E-state index in [4.69, 9.17) is 9.31 Å². The molecule has 1 aromatic carbocycles. The summed E-state index contributed by atoms with van der Waals surface area (Å²) in [7, 11) is -0.590. The van der Waals surface area contributed by atoms with Gasteiger partial charge >= 0.3 is 13.1 Å². The van der Waals surface area contributed by atoms with Gasteiger partial charge in [-0.25, -0.2) is 0 Å². The monoisotopic (exact) mass is 319 g/mol. The van der Waals surface area contributed by atoms with Crippen LogP contribution in [-0.4, -0.2) is 24.9 Å². The van der Waals surface area contributed by atoms with E-state index in [1.54, 1.807) is 11.8 Å². The fraction of sp³-hybridized carbons (Fsp3) is 0.562. The second-order valence-electron chi connectivity index (χ2n) is 6.83. The molecular formula is C16H22BNO3S. The molecule has 6 heteroatoms.